The van der Waals surface area contributed by atoms with Crippen molar-refractivity contribution in [3.05, 3.63) is 70.4 Å². The third-order valence-electron chi connectivity index (χ3n) is 3.71. The Morgan fingerprint density at radius 1 is 1.25 bits per heavy atom. The highest BCUT2D eigenvalue weighted by atomic mass is 32.1. The van der Waals surface area contributed by atoms with Crippen molar-refractivity contribution in [2.24, 2.45) is 0 Å². The molecule has 0 radical (unpaired) electrons. The maximum Gasteiger partial charge on any atom is 0.335 e. The van der Waals surface area contributed by atoms with Crippen LogP contribution in [0.15, 0.2) is 52.9 Å². The largest absolute Gasteiger partial charge is 0.484 e. The molecule has 3 rings (SSSR count). The summed E-state index contributed by atoms with van der Waals surface area (Å²) in [6, 6.07) is 13.4. The standard InChI is InChI=1S/C19H17N3O5S/c1-12-3-2-4-15(9-12)26-11-17-21-22(19(28)27-17)10-16(23)20-14-7-5-13(6-8-14)18(24)25/h2-9H,10-11H2,1H3,(H,20,23)(H,24,25). The van der Waals surface area contributed by atoms with E-state index in [-0.39, 0.29) is 35.4 Å². The van der Waals surface area contributed by atoms with Gasteiger partial charge in [-0.2, -0.15) is 0 Å². The number of nitrogens with zero attached hydrogens (tertiary/aromatic N) is 2. The number of amides is 1. The average molecular weight is 399 g/mol. The van der Waals surface area contributed by atoms with Crippen LogP contribution in [0.2, 0.25) is 0 Å². The Morgan fingerprint density at radius 3 is 2.68 bits per heavy atom. The maximum atomic E-state index is 12.2. The highest BCUT2D eigenvalue weighted by Crippen LogP contribution is 2.14. The zero-order valence-electron chi connectivity index (χ0n) is 14.9. The highest BCUT2D eigenvalue weighted by Gasteiger charge is 2.11. The van der Waals surface area contributed by atoms with Crippen LogP contribution in [-0.2, 0) is 17.9 Å². The zero-order valence-corrected chi connectivity index (χ0v) is 15.7. The van der Waals surface area contributed by atoms with Crippen molar-refractivity contribution < 1.29 is 23.8 Å². The van der Waals surface area contributed by atoms with Crippen molar-refractivity contribution in [1.82, 2.24) is 9.78 Å². The number of aromatic nitrogens is 2. The number of aryl methyl sites for hydroxylation is 1. The second-order valence-corrected chi connectivity index (χ2v) is 6.30. The summed E-state index contributed by atoms with van der Waals surface area (Å²) in [5.41, 5.74) is 1.67. The second-order valence-electron chi connectivity index (χ2n) is 5.96. The molecule has 0 fully saturated rings. The molecule has 0 bridgehead atoms. The third kappa shape index (κ3) is 5.04. The van der Waals surface area contributed by atoms with Crippen LogP contribution in [0.3, 0.4) is 0 Å². The lowest BCUT2D eigenvalue weighted by Crippen LogP contribution is -2.19. The van der Waals surface area contributed by atoms with Crippen LogP contribution < -0.4 is 10.1 Å². The van der Waals surface area contributed by atoms with E-state index in [2.05, 4.69) is 10.4 Å². The minimum Gasteiger partial charge on any atom is -0.484 e. The third-order valence-corrected chi connectivity index (χ3v) is 4.00. The lowest BCUT2D eigenvalue weighted by molar-refractivity contribution is -0.117. The maximum absolute atomic E-state index is 12.2. The van der Waals surface area contributed by atoms with Gasteiger partial charge >= 0.3 is 5.97 Å². The first-order valence-electron chi connectivity index (χ1n) is 8.30. The van der Waals surface area contributed by atoms with Crippen molar-refractivity contribution in [2.45, 2.75) is 20.1 Å². The molecule has 2 aromatic carbocycles. The van der Waals surface area contributed by atoms with Gasteiger partial charge in [-0.05, 0) is 61.1 Å². The SMILES string of the molecule is Cc1cccc(OCc2nn(CC(=O)Nc3ccc(C(=O)O)cc3)c(=S)o2)c1. The molecule has 28 heavy (non-hydrogen) atoms. The second kappa shape index (κ2) is 8.49. The van der Waals surface area contributed by atoms with Crippen molar-refractivity contribution in [3.8, 4) is 5.75 Å². The van der Waals surface area contributed by atoms with Gasteiger partial charge in [0.05, 0.1) is 5.56 Å². The Labute approximate surface area is 165 Å². The number of anilines is 1. The van der Waals surface area contributed by atoms with Gasteiger partial charge in [-0.1, -0.05) is 12.1 Å². The first-order valence-corrected chi connectivity index (χ1v) is 8.71. The van der Waals surface area contributed by atoms with Gasteiger partial charge in [0, 0.05) is 5.69 Å². The Morgan fingerprint density at radius 2 is 2.00 bits per heavy atom. The summed E-state index contributed by atoms with van der Waals surface area (Å²) in [6.07, 6.45) is 0. The van der Waals surface area contributed by atoms with Gasteiger partial charge in [0.15, 0.2) is 6.61 Å². The van der Waals surface area contributed by atoms with Crippen molar-refractivity contribution in [2.75, 3.05) is 5.32 Å². The van der Waals surface area contributed by atoms with Gasteiger partial charge in [-0.3, -0.25) is 4.79 Å². The number of carbonyl (C=O) groups excluding carboxylic acids is 1. The number of carboxylic acids is 1. The topological polar surface area (TPSA) is 107 Å². The summed E-state index contributed by atoms with van der Waals surface area (Å²) in [7, 11) is 0. The fourth-order valence-electron chi connectivity index (χ4n) is 2.39. The van der Waals surface area contributed by atoms with Gasteiger partial charge in [0.25, 0.3) is 10.7 Å². The van der Waals surface area contributed by atoms with E-state index in [1.807, 2.05) is 31.2 Å². The molecule has 0 unspecified atom stereocenters. The van der Waals surface area contributed by atoms with E-state index in [1.165, 1.54) is 28.9 Å². The average Bonchev–Trinajstić information content (AvgIpc) is 3.00. The van der Waals surface area contributed by atoms with Crippen LogP contribution in [0.1, 0.15) is 21.8 Å². The number of ether oxygens (including phenoxy) is 1. The van der Waals surface area contributed by atoms with E-state index in [0.29, 0.717) is 11.4 Å². The zero-order chi connectivity index (χ0) is 20.1. The van der Waals surface area contributed by atoms with Gasteiger partial charge in [-0.15, -0.1) is 5.10 Å². The van der Waals surface area contributed by atoms with Gasteiger partial charge < -0.3 is 19.6 Å². The summed E-state index contributed by atoms with van der Waals surface area (Å²) in [4.78, 5) is 23.1. The van der Waals surface area contributed by atoms with E-state index in [1.54, 1.807) is 0 Å². The van der Waals surface area contributed by atoms with E-state index in [9.17, 15) is 9.59 Å². The lowest BCUT2D eigenvalue weighted by Gasteiger charge is -2.05. The molecule has 0 saturated carbocycles. The highest BCUT2D eigenvalue weighted by molar-refractivity contribution is 7.71. The molecule has 0 atom stereocenters. The minimum absolute atomic E-state index is 0.0548. The smallest absolute Gasteiger partial charge is 0.335 e. The van der Waals surface area contributed by atoms with Gasteiger partial charge in [0.2, 0.25) is 5.91 Å². The summed E-state index contributed by atoms with van der Waals surface area (Å²) < 4.78 is 12.2. The van der Waals surface area contributed by atoms with Gasteiger partial charge in [0.1, 0.15) is 12.3 Å². The Hall–Kier alpha value is -3.46. The molecule has 9 heteroatoms. The molecule has 0 aliphatic heterocycles. The van der Waals surface area contributed by atoms with Crippen LogP contribution in [0, 0.1) is 11.8 Å². The molecular weight excluding hydrogens is 382 g/mol. The van der Waals surface area contributed by atoms with Crippen molar-refractivity contribution in [1.29, 1.82) is 0 Å². The predicted octanol–water partition coefficient (Wildman–Crippen LogP) is 3.43. The van der Waals surface area contributed by atoms with E-state index >= 15 is 0 Å². The van der Waals surface area contributed by atoms with Crippen molar-refractivity contribution in [3.63, 3.8) is 0 Å². The molecule has 0 saturated heterocycles. The summed E-state index contributed by atoms with van der Waals surface area (Å²) >= 11 is 5.09. The Bertz CT molecular complexity index is 1060. The molecule has 0 spiro atoms. The number of carboxylic acid groups (broad SMARTS) is 1. The number of hydrogen-bond donors (Lipinski definition) is 2. The molecule has 8 nitrogen and oxygen atoms in total. The molecule has 3 aromatic rings. The van der Waals surface area contributed by atoms with Crippen LogP contribution in [0.4, 0.5) is 5.69 Å². The molecule has 2 N–H and O–H groups in total. The normalized spacial score (nSPS) is 10.5. The number of hydrogen-bond acceptors (Lipinski definition) is 6. The summed E-state index contributed by atoms with van der Waals surface area (Å²) in [6.45, 7) is 1.90. The van der Waals surface area contributed by atoms with E-state index in [4.69, 9.17) is 26.5 Å². The number of benzene rings is 2. The van der Waals surface area contributed by atoms with Crippen LogP contribution in [-0.4, -0.2) is 26.8 Å². The monoisotopic (exact) mass is 399 g/mol. The fourth-order valence-corrected chi connectivity index (χ4v) is 2.59. The number of nitrogens with one attached hydrogen (secondary N) is 1. The van der Waals surface area contributed by atoms with E-state index < -0.39 is 5.97 Å². The number of carbonyl (C=O) groups is 2. The first kappa shape index (κ1) is 19.3. The van der Waals surface area contributed by atoms with Crippen LogP contribution in [0.5, 0.6) is 5.75 Å². The Balaban J connectivity index is 1.59. The molecule has 1 heterocycles. The number of rotatable bonds is 7. The number of aromatic carboxylic acids is 1. The minimum atomic E-state index is -1.04. The quantitative estimate of drug-likeness (QED) is 0.586. The first-order chi connectivity index (χ1) is 13.4. The molecule has 0 aliphatic rings. The summed E-state index contributed by atoms with van der Waals surface area (Å²) in [5, 5.41) is 15.7. The van der Waals surface area contributed by atoms with Crippen LogP contribution in [0.25, 0.3) is 0 Å². The molecule has 1 aromatic heterocycles. The summed E-state index contributed by atoms with van der Waals surface area (Å²) in [5.74, 6) is -0.478. The lowest BCUT2D eigenvalue weighted by atomic mass is 10.2. The molecule has 144 valence electrons. The Kier molecular flexibility index (Phi) is 5.85. The molecule has 1 amide bonds. The van der Waals surface area contributed by atoms with Gasteiger partial charge in [-0.25, -0.2) is 9.48 Å². The van der Waals surface area contributed by atoms with Crippen molar-refractivity contribution >= 4 is 29.8 Å². The van der Waals surface area contributed by atoms with Crippen LogP contribution >= 0.6 is 12.2 Å². The molecular formula is C19H17N3O5S. The fraction of sp³-hybridized carbons (Fsp3) is 0.158. The molecule has 0 aliphatic carbocycles. The van der Waals surface area contributed by atoms with E-state index in [0.717, 1.165) is 5.56 Å². The predicted molar refractivity (Wildman–Crippen MR) is 103 cm³/mol.